The number of fused-ring (bicyclic) bond motifs is 5. The molecule has 1 aliphatic heterocycles. The van der Waals surface area contributed by atoms with E-state index in [-0.39, 0.29) is 29.7 Å². The van der Waals surface area contributed by atoms with Crippen molar-refractivity contribution in [3.05, 3.63) is 47.0 Å². The van der Waals surface area contributed by atoms with Crippen molar-refractivity contribution < 1.29 is 91.6 Å². The van der Waals surface area contributed by atoms with E-state index in [4.69, 9.17) is 43.6 Å². The Morgan fingerprint density at radius 3 is 2.20 bits per heavy atom. The highest BCUT2D eigenvalue weighted by Gasteiger charge is 2.78. The zero-order valence-electron chi connectivity index (χ0n) is 40.1. The second kappa shape index (κ2) is 19.6. The molecule has 1 heterocycles. The van der Waals surface area contributed by atoms with Gasteiger partial charge in [0.25, 0.3) is 0 Å². The lowest BCUT2D eigenvalue weighted by Crippen LogP contribution is -2.81. The molecule has 3 saturated carbocycles. The van der Waals surface area contributed by atoms with Crippen LogP contribution in [-0.4, -0.2) is 149 Å². The maximum absolute atomic E-state index is 15.1. The van der Waals surface area contributed by atoms with Crippen LogP contribution in [0.25, 0.3) is 0 Å². The van der Waals surface area contributed by atoms with Crippen molar-refractivity contribution >= 4 is 47.8 Å². The quantitative estimate of drug-likeness (QED) is 0.0664. The predicted molar refractivity (Wildman–Crippen MR) is 234 cm³/mol. The maximum atomic E-state index is 15.1. The number of amides is 2. The van der Waals surface area contributed by atoms with Crippen LogP contribution in [0, 0.1) is 22.7 Å². The molecule has 1 saturated heterocycles. The van der Waals surface area contributed by atoms with Crippen molar-refractivity contribution in [2.75, 3.05) is 20.4 Å². The van der Waals surface area contributed by atoms with Gasteiger partial charge < -0.3 is 69.6 Å². The summed E-state index contributed by atoms with van der Waals surface area (Å²) in [5, 5.41) is 42.8. The van der Waals surface area contributed by atoms with Crippen LogP contribution in [0.15, 0.2) is 41.5 Å². The van der Waals surface area contributed by atoms with Crippen molar-refractivity contribution in [1.82, 2.24) is 10.6 Å². The van der Waals surface area contributed by atoms with Gasteiger partial charge in [-0.15, -0.1) is 0 Å². The van der Waals surface area contributed by atoms with Gasteiger partial charge in [0.05, 0.1) is 48.1 Å². The molecular formula is C47H63N3O19. The van der Waals surface area contributed by atoms with Gasteiger partial charge in [0.15, 0.2) is 11.4 Å². The molecule has 7 N–H and O–H groups in total. The first-order valence-corrected chi connectivity index (χ1v) is 22.7. The second-order valence-electron chi connectivity index (χ2n) is 20.1. The number of aliphatic hydroxyl groups is 3. The summed E-state index contributed by atoms with van der Waals surface area (Å²) in [5.74, 6) is -7.88. The van der Waals surface area contributed by atoms with E-state index in [0.29, 0.717) is 12.8 Å². The Morgan fingerprint density at radius 1 is 0.986 bits per heavy atom. The zero-order chi connectivity index (χ0) is 51.2. The molecule has 22 nitrogen and oxygen atoms in total. The summed E-state index contributed by atoms with van der Waals surface area (Å²) in [6.45, 7) is 10.3. The van der Waals surface area contributed by atoms with Crippen LogP contribution < -0.4 is 16.4 Å². The van der Waals surface area contributed by atoms with Crippen LogP contribution in [0.3, 0.4) is 0 Å². The van der Waals surface area contributed by atoms with Gasteiger partial charge in [0, 0.05) is 32.2 Å². The van der Waals surface area contributed by atoms with Gasteiger partial charge >= 0.3 is 36.1 Å². The molecule has 1 aromatic carbocycles. The molecule has 1 aromatic rings. The Labute approximate surface area is 398 Å². The highest BCUT2D eigenvalue weighted by Crippen LogP contribution is 2.64. The van der Waals surface area contributed by atoms with E-state index in [0.717, 1.165) is 6.92 Å². The number of benzene rings is 1. The van der Waals surface area contributed by atoms with Gasteiger partial charge in [0.1, 0.15) is 35.6 Å². The first kappa shape index (κ1) is 52.7. The van der Waals surface area contributed by atoms with E-state index in [2.05, 4.69) is 10.6 Å². The summed E-state index contributed by atoms with van der Waals surface area (Å²) < 4.78 is 45.1. The fraction of sp³-hybridized carbons (Fsp3) is 0.660. The molecule has 22 heteroatoms. The van der Waals surface area contributed by atoms with E-state index in [9.17, 15) is 48.9 Å². The Kier molecular flexibility index (Phi) is 15.0. The lowest BCUT2D eigenvalue weighted by molar-refractivity contribution is -0.346. The van der Waals surface area contributed by atoms with Crippen molar-refractivity contribution in [2.24, 2.45) is 28.4 Å². The molecule has 0 spiro atoms. The Bertz CT molecular complexity index is 2240. The van der Waals surface area contributed by atoms with Crippen molar-refractivity contribution in [1.29, 1.82) is 0 Å². The van der Waals surface area contributed by atoms with E-state index in [1.54, 1.807) is 39.0 Å². The summed E-state index contributed by atoms with van der Waals surface area (Å²) in [6, 6.07) is 5.08. The lowest BCUT2D eigenvalue weighted by Gasteiger charge is -2.67. The van der Waals surface area contributed by atoms with E-state index < -0.39 is 156 Å². The van der Waals surface area contributed by atoms with Crippen LogP contribution in [0.2, 0.25) is 0 Å². The third-order valence-corrected chi connectivity index (χ3v) is 14.1. The number of ketones is 1. The van der Waals surface area contributed by atoms with Gasteiger partial charge in [-0.2, -0.15) is 0 Å². The molecule has 5 aliphatic rings. The Balaban J connectivity index is 1.42. The molecular weight excluding hydrogens is 911 g/mol. The summed E-state index contributed by atoms with van der Waals surface area (Å²) in [7, 11) is 1.31. The number of carbonyl (C=O) groups is 8. The standard InChI is InChI=1S/C47H63N3O19/c1-22-27(65-40(58)34(32(24-15-16-24)50-41(59)69-43(3,4)5)66-42(60)64-21-63-30(53)17-26(48)38(56)49-9)19-47(61)37(67-39(57)25-13-11-10-12-14-25)35-45(8,36(55)33(54)31(22)44(47,6)7)28(52)18-29-46(35,20-62-29)68-23(2)51/h10-14,24,26-29,32-35,37,52,54,61H,15-21,48H2,1-9H3,(H,49,56)(H,50,59)/t26-,27-,28-,29+,32-,33+,34+,35-,37-,45+,46-,47+/m0/s1. The summed E-state index contributed by atoms with van der Waals surface area (Å²) in [6.07, 6.45) is -13.5. The van der Waals surface area contributed by atoms with Crippen LogP contribution in [0.5, 0.6) is 0 Å². The number of nitrogens with two attached hydrogens (primary N) is 1. The number of nitrogens with one attached hydrogen (secondary N) is 2. The fourth-order valence-corrected chi connectivity index (χ4v) is 10.4. The molecule has 380 valence electrons. The topological polar surface area (TPSA) is 321 Å². The van der Waals surface area contributed by atoms with Gasteiger partial charge in [-0.05, 0) is 76.7 Å². The van der Waals surface area contributed by atoms with E-state index in [1.165, 1.54) is 46.9 Å². The third kappa shape index (κ3) is 10.2. The molecule has 69 heavy (non-hydrogen) atoms. The lowest BCUT2D eigenvalue weighted by atomic mass is 9.44. The summed E-state index contributed by atoms with van der Waals surface area (Å²) in [5.41, 5.74) is -3.53. The van der Waals surface area contributed by atoms with Crippen LogP contribution in [-0.2, 0) is 61.9 Å². The summed E-state index contributed by atoms with van der Waals surface area (Å²) >= 11 is 0. The normalized spacial score (nSPS) is 31.5. The van der Waals surface area contributed by atoms with Gasteiger partial charge in [0.2, 0.25) is 18.8 Å². The number of aliphatic hydroxyl groups excluding tert-OH is 2. The van der Waals surface area contributed by atoms with Gasteiger partial charge in [-0.1, -0.05) is 32.0 Å². The van der Waals surface area contributed by atoms with E-state index >= 15 is 4.79 Å². The second-order valence-corrected chi connectivity index (χ2v) is 20.1. The fourth-order valence-electron chi connectivity index (χ4n) is 10.4. The monoisotopic (exact) mass is 973 g/mol. The number of Topliss-reactive ketones (excluding diaryl/α,β-unsaturated/α-hetero) is 1. The number of carbonyl (C=O) groups excluding carboxylic acids is 8. The minimum atomic E-state index is -2.47. The van der Waals surface area contributed by atoms with Crippen molar-refractivity contribution in [3.63, 3.8) is 0 Å². The maximum Gasteiger partial charge on any atom is 0.512 e. The van der Waals surface area contributed by atoms with Gasteiger partial charge in [-0.3, -0.25) is 19.2 Å². The zero-order valence-corrected chi connectivity index (χ0v) is 40.1. The first-order chi connectivity index (χ1) is 32.1. The Morgan fingerprint density at radius 2 is 1.64 bits per heavy atom. The number of likely N-dealkylation sites (N-methyl/N-ethyl adjacent to an activating group) is 1. The third-order valence-electron chi connectivity index (χ3n) is 14.1. The number of ether oxygens (including phenoxy) is 8. The minimum absolute atomic E-state index is 0.0248. The molecule has 12 atom stereocenters. The average molecular weight is 974 g/mol. The SMILES string of the molecule is CNC(=O)[C@@H](N)CC(=O)OCOC(=O)O[C@@H](C(=O)O[C@H]1C[C@@]2(O)[C@@H](OC(=O)c3ccccc3)[C@@H]3[C@]4(OC(C)=O)CO[C@@H]4C[C@H](O)[C@@]3(C)C(=O)[C@H](O)C(=C1C)C2(C)C)[C@@H](NC(=O)OC(C)(C)C)C1CC1. The summed E-state index contributed by atoms with van der Waals surface area (Å²) in [4.78, 5) is 108. The molecule has 4 fully saturated rings. The minimum Gasteiger partial charge on any atom is -0.455 e. The van der Waals surface area contributed by atoms with Crippen LogP contribution >= 0.6 is 0 Å². The van der Waals surface area contributed by atoms with Crippen LogP contribution in [0.4, 0.5) is 9.59 Å². The molecule has 0 unspecified atom stereocenters. The highest BCUT2D eigenvalue weighted by molar-refractivity contribution is 5.94. The number of hydrogen-bond acceptors (Lipinski definition) is 20. The van der Waals surface area contributed by atoms with E-state index in [1.807, 2.05) is 0 Å². The largest absolute Gasteiger partial charge is 0.512 e. The van der Waals surface area contributed by atoms with Crippen LogP contribution in [0.1, 0.15) is 97.9 Å². The molecule has 0 radical (unpaired) electrons. The molecule has 6 rings (SSSR count). The molecule has 2 bridgehead atoms. The first-order valence-electron chi connectivity index (χ1n) is 22.7. The predicted octanol–water partition coefficient (Wildman–Crippen LogP) is 1.42. The molecule has 4 aliphatic carbocycles. The smallest absolute Gasteiger partial charge is 0.455 e. The number of rotatable bonds is 14. The number of alkyl carbamates (subject to hydrolysis) is 1. The molecule has 0 aromatic heterocycles. The average Bonchev–Trinajstić information content (AvgIpc) is 4.11. The number of esters is 4. The van der Waals surface area contributed by atoms with Crippen molar-refractivity contribution in [2.45, 2.75) is 153 Å². The number of hydrogen-bond donors (Lipinski definition) is 6. The Hall–Kier alpha value is -5.68. The van der Waals surface area contributed by atoms with Gasteiger partial charge in [-0.25, -0.2) is 19.2 Å². The molecule has 2 amide bonds. The highest BCUT2D eigenvalue weighted by atomic mass is 16.8. The van der Waals surface area contributed by atoms with Crippen molar-refractivity contribution in [3.8, 4) is 0 Å².